The summed E-state index contributed by atoms with van der Waals surface area (Å²) in [5.74, 6) is -0.143. The number of carbonyl (C=O) groups is 1. The summed E-state index contributed by atoms with van der Waals surface area (Å²) in [5, 5.41) is 7.23. The summed E-state index contributed by atoms with van der Waals surface area (Å²) in [6.45, 7) is 5.27. The molecule has 2 aliphatic rings. The molecule has 0 bridgehead atoms. The molecule has 1 aromatic heterocycles. The van der Waals surface area contributed by atoms with Crippen LogP contribution in [-0.4, -0.2) is 57.8 Å². The highest BCUT2D eigenvalue weighted by Crippen LogP contribution is 2.44. The molecule has 3 aromatic rings. The topological polar surface area (TPSA) is 53.4 Å². The Morgan fingerprint density at radius 1 is 1.00 bits per heavy atom. The number of fused-ring (bicyclic) bond motifs is 1. The SMILES string of the molecule is CCc1ccc(C2CC(C(F)(F)F)n3ncc(C(=O)N4CCN(Cc5ccccc5)CC4)c3N2)cc1. The van der Waals surface area contributed by atoms with Crippen LogP contribution in [0.5, 0.6) is 0 Å². The standard InChI is InChI=1S/C27H30F3N5O/c1-2-19-8-10-21(11-9-19)23-16-24(27(28,29)30)35-25(32-23)22(17-31-35)26(36)34-14-12-33(13-15-34)18-20-6-4-3-5-7-20/h3-11,17,23-24,32H,2,12-16,18H2,1H3. The molecule has 3 heterocycles. The van der Waals surface area contributed by atoms with Crippen LogP contribution in [0.1, 0.15) is 52.5 Å². The van der Waals surface area contributed by atoms with Gasteiger partial charge in [0.25, 0.3) is 5.91 Å². The van der Waals surface area contributed by atoms with E-state index in [0.29, 0.717) is 26.2 Å². The maximum absolute atomic E-state index is 14.0. The van der Waals surface area contributed by atoms with Crippen molar-refractivity contribution in [2.24, 2.45) is 0 Å². The summed E-state index contributed by atoms with van der Waals surface area (Å²) in [5.41, 5.74) is 3.29. The third kappa shape index (κ3) is 4.97. The number of halogens is 3. The van der Waals surface area contributed by atoms with Crippen molar-refractivity contribution in [3.8, 4) is 0 Å². The van der Waals surface area contributed by atoms with E-state index in [1.165, 1.54) is 11.8 Å². The van der Waals surface area contributed by atoms with Crippen molar-refractivity contribution in [2.45, 2.75) is 44.6 Å². The van der Waals surface area contributed by atoms with Crippen LogP contribution in [0, 0.1) is 0 Å². The summed E-state index contributed by atoms with van der Waals surface area (Å²) in [6, 6.07) is 15.4. The summed E-state index contributed by atoms with van der Waals surface area (Å²) in [4.78, 5) is 17.4. The van der Waals surface area contributed by atoms with Gasteiger partial charge in [-0.1, -0.05) is 61.5 Å². The average molecular weight is 498 g/mol. The second-order valence-electron chi connectivity index (χ2n) is 9.49. The van der Waals surface area contributed by atoms with E-state index < -0.39 is 18.3 Å². The van der Waals surface area contributed by atoms with Crippen LogP contribution in [0.4, 0.5) is 19.0 Å². The molecule has 0 radical (unpaired) electrons. The van der Waals surface area contributed by atoms with E-state index in [-0.39, 0.29) is 23.7 Å². The van der Waals surface area contributed by atoms with Crippen molar-refractivity contribution >= 4 is 11.7 Å². The molecule has 0 spiro atoms. The van der Waals surface area contributed by atoms with Crippen molar-refractivity contribution in [1.29, 1.82) is 0 Å². The van der Waals surface area contributed by atoms with Crippen LogP contribution < -0.4 is 5.32 Å². The van der Waals surface area contributed by atoms with E-state index in [0.717, 1.165) is 28.8 Å². The quantitative estimate of drug-likeness (QED) is 0.535. The largest absolute Gasteiger partial charge is 0.410 e. The number of hydrogen-bond acceptors (Lipinski definition) is 4. The van der Waals surface area contributed by atoms with Crippen molar-refractivity contribution in [1.82, 2.24) is 19.6 Å². The summed E-state index contributed by atoms with van der Waals surface area (Å²) in [7, 11) is 0. The second kappa shape index (κ2) is 9.97. The molecule has 9 heteroatoms. The number of nitrogens with one attached hydrogen (secondary N) is 1. The number of hydrogen-bond donors (Lipinski definition) is 1. The van der Waals surface area contributed by atoms with Gasteiger partial charge >= 0.3 is 6.18 Å². The highest BCUT2D eigenvalue weighted by atomic mass is 19.4. The van der Waals surface area contributed by atoms with Gasteiger partial charge < -0.3 is 10.2 Å². The molecule has 2 aromatic carbocycles. The number of amides is 1. The van der Waals surface area contributed by atoms with Gasteiger partial charge in [0, 0.05) is 39.1 Å². The van der Waals surface area contributed by atoms with E-state index in [9.17, 15) is 18.0 Å². The Hall–Kier alpha value is -3.33. The Balaban J connectivity index is 1.34. The Labute approximate surface area is 208 Å². The minimum atomic E-state index is -4.48. The molecule has 5 rings (SSSR count). The molecule has 190 valence electrons. The molecule has 6 nitrogen and oxygen atoms in total. The zero-order chi connectivity index (χ0) is 25.3. The number of aromatic nitrogens is 2. The first-order valence-corrected chi connectivity index (χ1v) is 12.4. The Bertz CT molecular complexity index is 1180. The van der Waals surface area contributed by atoms with Crippen LogP contribution in [0.25, 0.3) is 0 Å². The summed E-state index contributed by atoms with van der Waals surface area (Å²) < 4.78 is 43.0. The zero-order valence-electron chi connectivity index (χ0n) is 20.2. The molecule has 1 fully saturated rings. The van der Waals surface area contributed by atoms with Gasteiger partial charge in [0.05, 0.1) is 12.2 Å². The van der Waals surface area contributed by atoms with Gasteiger partial charge in [0.15, 0.2) is 6.04 Å². The molecule has 1 amide bonds. The van der Waals surface area contributed by atoms with Crippen molar-refractivity contribution < 1.29 is 18.0 Å². The Kier molecular flexibility index (Phi) is 6.75. The monoisotopic (exact) mass is 497 g/mol. The fourth-order valence-electron chi connectivity index (χ4n) is 5.04. The van der Waals surface area contributed by atoms with Gasteiger partial charge in [-0.2, -0.15) is 18.3 Å². The molecule has 0 saturated carbocycles. The number of piperazine rings is 1. The number of anilines is 1. The summed E-state index contributed by atoms with van der Waals surface area (Å²) in [6.07, 6.45) is -2.53. The first-order valence-electron chi connectivity index (χ1n) is 12.4. The second-order valence-corrected chi connectivity index (χ2v) is 9.49. The smallest absolute Gasteiger partial charge is 0.363 e. The molecule has 2 atom stereocenters. The average Bonchev–Trinajstić information content (AvgIpc) is 3.32. The normalized spacial score (nSPS) is 20.6. The number of benzene rings is 2. The molecule has 36 heavy (non-hydrogen) atoms. The molecule has 2 aliphatic heterocycles. The molecule has 1 N–H and O–H groups in total. The molecule has 0 aliphatic carbocycles. The van der Waals surface area contributed by atoms with Gasteiger partial charge in [-0.25, -0.2) is 4.68 Å². The Morgan fingerprint density at radius 3 is 2.33 bits per heavy atom. The van der Waals surface area contributed by atoms with Crippen molar-refractivity contribution in [3.63, 3.8) is 0 Å². The van der Waals surface area contributed by atoms with E-state index in [4.69, 9.17) is 0 Å². The van der Waals surface area contributed by atoms with Gasteiger partial charge in [-0.05, 0) is 23.1 Å². The van der Waals surface area contributed by atoms with E-state index in [2.05, 4.69) is 27.4 Å². The lowest BCUT2D eigenvalue weighted by molar-refractivity contribution is -0.173. The maximum Gasteiger partial charge on any atom is 0.410 e. The molecule has 1 saturated heterocycles. The summed E-state index contributed by atoms with van der Waals surface area (Å²) >= 11 is 0. The van der Waals surface area contributed by atoms with Gasteiger partial charge in [-0.15, -0.1) is 0 Å². The predicted molar refractivity (Wildman–Crippen MR) is 132 cm³/mol. The number of aryl methyl sites for hydroxylation is 1. The zero-order valence-corrected chi connectivity index (χ0v) is 20.2. The molecule has 2 unspecified atom stereocenters. The van der Waals surface area contributed by atoms with E-state index in [1.807, 2.05) is 49.4 Å². The van der Waals surface area contributed by atoms with Crippen LogP contribution in [0.3, 0.4) is 0 Å². The third-order valence-corrected chi connectivity index (χ3v) is 7.17. The van der Waals surface area contributed by atoms with Crippen LogP contribution >= 0.6 is 0 Å². The lowest BCUT2D eigenvalue weighted by Gasteiger charge is -2.36. The number of carbonyl (C=O) groups excluding carboxylic acids is 1. The van der Waals surface area contributed by atoms with Gasteiger partial charge in [0.1, 0.15) is 11.4 Å². The fourth-order valence-corrected chi connectivity index (χ4v) is 5.04. The molecular formula is C27H30F3N5O. The maximum atomic E-state index is 14.0. The first-order chi connectivity index (χ1) is 17.3. The highest BCUT2D eigenvalue weighted by molar-refractivity contribution is 5.99. The lowest BCUT2D eigenvalue weighted by Crippen LogP contribution is -2.48. The fraction of sp³-hybridized carbons (Fsp3) is 0.407. The van der Waals surface area contributed by atoms with E-state index >= 15 is 0 Å². The highest BCUT2D eigenvalue weighted by Gasteiger charge is 2.47. The first kappa shape index (κ1) is 24.4. The minimum absolute atomic E-state index is 0.143. The Morgan fingerprint density at radius 2 is 1.69 bits per heavy atom. The van der Waals surface area contributed by atoms with Crippen molar-refractivity contribution in [2.75, 3.05) is 31.5 Å². The van der Waals surface area contributed by atoms with Gasteiger partial charge in [-0.3, -0.25) is 9.69 Å². The van der Waals surface area contributed by atoms with E-state index in [1.54, 1.807) is 4.90 Å². The number of rotatable bonds is 5. The van der Waals surface area contributed by atoms with Gasteiger partial charge in [0.2, 0.25) is 0 Å². The third-order valence-electron chi connectivity index (χ3n) is 7.17. The van der Waals surface area contributed by atoms with Crippen LogP contribution in [0.15, 0.2) is 60.8 Å². The van der Waals surface area contributed by atoms with Crippen LogP contribution in [-0.2, 0) is 13.0 Å². The number of nitrogens with zero attached hydrogens (tertiary/aromatic N) is 4. The molecular weight excluding hydrogens is 467 g/mol. The lowest BCUT2D eigenvalue weighted by atomic mass is 9.95. The minimum Gasteiger partial charge on any atom is -0.363 e. The predicted octanol–water partition coefficient (Wildman–Crippen LogP) is 5.06. The van der Waals surface area contributed by atoms with Crippen molar-refractivity contribution in [3.05, 3.63) is 83.0 Å². The van der Waals surface area contributed by atoms with Crippen LogP contribution in [0.2, 0.25) is 0 Å². The number of alkyl halides is 3.